The van der Waals surface area contributed by atoms with E-state index < -0.39 is 31.7 Å². The second-order valence-electron chi connectivity index (χ2n) is 1.81. The van der Waals surface area contributed by atoms with Gasteiger partial charge in [-0.3, -0.25) is 9.11 Å². The van der Waals surface area contributed by atoms with Gasteiger partial charge in [0.1, 0.15) is 11.5 Å². The number of hydrogen-bond acceptors (Lipinski definition) is 4. The highest BCUT2D eigenvalue weighted by molar-refractivity contribution is 7.86. The number of hydrogen-bond donors (Lipinski definition) is 2. The molecule has 0 fully saturated rings. The summed E-state index contributed by atoms with van der Waals surface area (Å²) in [6, 6.07) is 0. The molecule has 6 nitrogen and oxygen atoms in total. The zero-order valence-electron chi connectivity index (χ0n) is 5.76. The Morgan fingerprint density at radius 2 is 1.08 bits per heavy atom. The molecule has 0 radical (unpaired) electrons. The molecule has 0 bridgehead atoms. The van der Waals surface area contributed by atoms with E-state index in [1.165, 1.54) is 0 Å². The monoisotopic (exact) mass is 214 g/mol. The largest absolute Gasteiger partial charge is 0.285 e. The molecule has 0 saturated heterocycles. The molecule has 0 rings (SSSR count). The van der Waals surface area contributed by atoms with Gasteiger partial charge in [-0.05, 0) is 0 Å². The topological polar surface area (TPSA) is 109 Å². The second-order valence-corrected chi connectivity index (χ2v) is 4.71. The van der Waals surface area contributed by atoms with Crippen LogP contribution in [0.5, 0.6) is 0 Å². The Morgan fingerprint density at radius 1 is 0.833 bits per heavy atom. The van der Waals surface area contributed by atoms with Gasteiger partial charge in [-0.15, -0.1) is 0 Å². The van der Waals surface area contributed by atoms with Crippen molar-refractivity contribution in [3.63, 3.8) is 0 Å². The van der Waals surface area contributed by atoms with Gasteiger partial charge in [0.2, 0.25) is 0 Å². The van der Waals surface area contributed by atoms with Crippen LogP contribution in [0.3, 0.4) is 0 Å². The lowest BCUT2D eigenvalue weighted by molar-refractivity contribution is 0.484. The SMILES string of the molecule is O=S(=O)(O)CC#CCS(=O)(=O)O. The minimum atomic E-state index is -4.19. The lowest BCUT2D eigenvalue weighted by Crippen LogP contribution is -2.03. The Hall–Kier alpha value is -0.620. The zero-order valence-corrected chi connectivity index (χ0v) is 7.39. The van der Waals surface area contributed by atoms with Crippen LogP contribution in [-0.4, -0.2) is 37.4 Å². The predicted molar refractivity (Wildman–Crippen MR) is 40.6 cm³/mol. The molecule has 0 aliphatic rings. The van der Waals surface area contributed by atoms with Gasteiger partial charge in [-0.25, -0.2) is 0 Å². The molecule has 0 aliphatic heterocycles. The van der Waals surface area contributed by atoms with Crippen molar-refractivity contribution >= 4 is 20.2 Å². The third-order valence-electron chi connectivity index (χ3n) is 0.634. The number of rotatable bonds is 2. The summed E-state index contributed by atoms with van der Waals surface area (Å²) in [6.07, 6.45) is 0. The van der Waals surface area contributed by atoms with Crippen LogP contribution >= 0.6 is 0 Å². The first kappa shape index (κ1) is 11.4. The normalized spacial score (nSPS) is 11.8. The molecule has 8 heteroatoms. The van der Waals surface area contributed by atoms with Gasteiger partial charge in [-0.1, -0.05) is 11.8 Å². The van der Waals surface area contributed by atoms with E-state index in [0.717, 1.165) is 0 Å². The summed E-state index contributed by atoms with van der Waals surface area (Å²) < 4.78 is 56.2. The van der Waals surface area contributed by atoms with Crippen LogP contribution in [0.2, 0.25) is 0 Å². The molecule has 0 heterocycles. The lowest BCUT2D eigenvalue weighted by Gasteiger charge is -1.85. The Bertz CT molecular complexity index is 353. The molecule has 0 spiro atoms. The maximum atomic E-state index is 10.00. The maximum absolute atomic E-state index is 10.00. The van der Waals surface area contributed by atoms with Crippen molar-refractivity contribution in [1.29, 1.82) is 0 Å². The van der Waals surface area contributed by atoms with E-state index in [2.05, 4.69) is 0 Å². The van der Waals surface area contributed by atoms with E-state index in [1.54, 1.807) is 0 Å². The second kappa shape index (κ2) is 3.86. The predicted octanol–water partition coefficient (Wildman–Crippen LogP) is -1.23. The highest BCUT2D eigenvalue weighted by Crippen LogP contribution is 1.80. The van der Waals surface area contributed by atoms with Crippen LogP contribution in [0.1, 0.15) is 0 Å². The summed E-state index contributed by atoms with van der Waals surface area (Å²) in [6.45, 7) is 0. The van der Waals surface area contributed by atoms with Crippen LogP contribution < -0.4 is 0 Å². The van der Waals surface area contributed by atoms with E-state index in [0.29, 0.717) is 0 Å². The summed E-state index contributed by atoms with van der Waals surface area (Å²) in [5.41, 5.74) is 0. The summed E-state index contributed by atoms with van der Waals surface area (Å²) in [5.74, 6) is 2.02. The lowest BCUT2D eigenvalue weighted by atomic mass is 10.7. The van der Waals surface area contributed by atoms with Crippen LogP contribution in [-0.2, 0) is 20.2 Å². The van der Waals surface area contributed by atoms with Crippen molar-refractivity contribution in [3.05, 3.63) is 0 Å². The van der Waals surface area contributed by atoms with Gasteiger partial charge in [0.15, 0.2) is 0 Å². The molecule has 0 aromatic carbocycles. The smallest absolute Gasteiger partial charge is 0.276 e. The zero-order chi connectivity index (χ0) is 9.83. The molecule has 0 atom stereocenters. The van der Waals surface area contributed by atoms with Crippen LogP contribution in [0.4, 0.5) is 0 Å². The molecule has 12 heavy (non-hydrogen) atoms. The molecule has 0 aliphatic carbocycles. The molecule has 0 amide bonds. The highest BCUT2D eigenvalue weighted by atomic mass is 32.2. The van der Waals surface area contributed by atoms with E-state index in [1.807, 2.05) is 11.8 Å². The Morgan fingerprint density at radius 3 is 1.25 bits per heavy atom. The quantitative estimate of drug-likeness (QED) is 0.440. The van der Waals surface area contributed by atoms with E-state index in [4.69, 9.17) is 9.11 Å². The minimum absolute atomic E-state index is 0.845. The van der Waals surface area contributed by atoms with Crippen LogP contribution in [0, 0.1) is 11.8 Å². The Labute approximate surface area is 70.1 Å². The third kappa shape index (κ3) is 9.38. The molecular weight excluding hydrogens is 208 g/mol. The molecule has 0 aromatic heterocycles. The Kier molecular flexibility index (Phi) is 3.66. The summed E-state index contributed by atoms with van der Waals surface area (Å²) >= 11 is 0. The minimum Gasteiger partial charge on any atom is -0.285 e. The Balaban J connectivity index is 4.12. The van der Waals surface area contributed by atoms with Gasteiger partial charge in [-0.2, -0.15) is 16.8 Å². The fraction of sp³-hybridized carbons (Fsp3) is 0.500. The average molecular weight is 214 g/mol. The summed E-state index contributed by atoms with van der Waals surface area (Å²) in [7, 11) is -8.38. The van der Waals surface area contributed by atoms with Crippen LogP contribution in [0.25, 0.3) is 0 Å². The van der Waals surface area contributed by atoms with Crippen molar-refractivity contribution in [2.24, 2.45) is 0 Å². The maximum Gasteiger partial charge on any atom is 0.276 e. The highest BCUT2D eigenvalue weighted by Gasteiger charge is 2.01. The molecule has 70 valence electrons. The van der Waals surface area contributed by atoms with E-state index in [-0.39, 0.29) is 0 Å². The van der Waals surface area contributed by atoms with Gasteiger partial charge in [0, 0.05) is 0 Å². The van der Waals surface area contributed by atoms with Gasteiger partial charge >= 0.3 is 0 Å². The van der Waals surface area contributed by atoms with Crippen LogP contribution in [0.15, 0.2) is 0 Å². The molecule has 2 N–H and O–H groups in total. The first-order valence-corrected chi connectivity index (χ1v) is 5.78. The van der Waals surface area contributed by atoms with Crippen molar-refractivity contribution in [2.45, 2.75) is 0 Å². The van der Waals surface area contributed by atoms with Gasteiger partial charge in [0.05, 0.1) is 0 Å². The third-order valence-corrected chi connectivity index (χ3v) is 1.65. The standard InChI is InChI=1S/C4H6O6S2/c5-11(6,7)3-1-2-4-12(8,9)10/h3-4H2,(H,5,6,7)(H,8,9,10). The van der Waals surface area contributed by atoms with Gasteiger partial charge < -0.3 is 0 Å². The molecule has 0 aromatic rings. The van der Waals surface area contributed by atoms with Crippen molar-refractivity contribution < 1.29 is 25.9 Å². The van der Waals surface area contributed by atoms with Crippen molar-refractivity contribution in [1.82, 2.24) is 0 Å². The molecule has 0 unspecified atom stereocenters. The fourth-order valence-corrected chi connectivity index (χ4v) is 0.853. The van der Waals surface area contributed by atoms with Crippen molar-refractivity contribution in [3.8, 4) is 11.8 Å². The summed E-state index contributed by atoms with van der Waals surface area (Å²) in [5, 5.41) is 0. The summed E-state index contributed by atoms with van der Waals surface area (Å²) in [4.78, 5) is 0. The molecular formula is C4H6O6S2. The van der Waals surface area contributed by atoms with Crippen molar-refractivity contribution in [2.75, 3.05) is 11.5 Å². The first-order valence-electron chi connectivity index (χ1n) is 2.57. The average Bonchev–Trinajstić information content (AvgIpc) is 1.76. The molecule has 0 saturated carbocycles. The van der Waals surface area contributed by atoms with Gasteiger partial charge in [0.25, 0.3) is 20.2 Å². The fourth-order valence-electron chi connectivity index (χ4n) is 0.284. The van der Waals surface area contributed by atoms with E-state index in [9.17, 15) is 16.8 Å². The van der Waals surface area contributed by atoms with E-state index >= 15 is 0 Å². The first-order chi connectivity index (χ1) is 5.21.